The molecule has 3 rings (SSSR count). The van der Waals surface area contributed by atoms with E-state index in [-0.39, 0.29) is 21.7 Å². The van der Waals surface area contributed by atoms with Gasteiger partial charge in [0.15, 0.2) is 5.13 Å². The number of aromatic nitrogens is 1. The number of amides is 1. The number of nitrogens with zero attached hydrogens (tertiary/aromatic N) is 1. The second kappa shape index (κ2) is 8.87. The number of hydrogen-bond donors (Lipinski definition) is 4. The molecule has 0 atom stereocenters. The minimum absolute atomic E-state index is 0.0904. The highest BCUT2D eigenvalue weighted by molar-refractivity contribution is 7.18. The van der Waals surface area contributed by atoms with Crippen LogP contribution in [0, 0.1) is 11.6 Å². The maximum Gasteiger partial charge on any atom is 0.253 e. The highest BCUT2D eigenvalue weighted by Crippen LogP contribution is 2.34. The smallest absolute Gasteiger partial charge is 0.253 e. The van der Waals surface area contributed by atoms with Crippen molar-refractivity contribution < 1.29 is 18.4 Å². The summed E-state index contributed by atoms with van der Waals surface area (Å²) in [7, 11) is 1.66. The molecule has 1 heterocycles. The molecule has 0 bridgehead atoms. The quantitative estimate of drug-likeness (QED) is 0.424. The Bertz CT molecular complexity index is 1100. The van der Waals surface area contributed by atoms with Gasteiger partial charge in [0.05, 0.1) is 22.5 Å². The Morgan fingerprint density at radius 1 is 1.13 bits per heavy atom. The van der Waals surface area contributed by atoms with E-state index in [1.807, 2.05) is 6.92 Å². The number of nitrogen functional groups attached to an aromatic ring is 1. The average molecular weight is 431 g/mol. The summed E-state index contributed by atoms with van der Waals surface area (Å²) in [5, 5.41) is 8.93. The van der Waals surface area contributed by atoms with Crippen LogP contribution in [0.15, 0.2) is 36.4 Å². The van der Waals surface area contributed by atoms with Crippen LogP contribution in [0.5, 0.6) is 0 Å². The maximum absolute atomic E-state index is 14.0. The molecule has 1 amide bonds. The predicted molar refractivity (Wildman–Crippen MR) is 114 cm³/mol. The minimum Gasteiger partial charge on any atom is -0.386 e. The SMILES string of the molecule is CCNC(=O)c1cccc(Nc2nc(N)c(C(=O)c3c(F)cccc3F)s2)c1NC. The van der Waals surface area contributed by atoms with E-state index < -0.39 is 23.0 Å². The predicted octanol–water partition coefficient (Wildman–Crippen LogP) is 3.77. The fraction of sp³-hybridized carbons (Fsp3) is 0.150. The zero-order valence-electron chi connectivity index (χ0n) is 16.2. The van der Waals surface area contributed by atoms with Crippen molar-refractivity contribution in [3.05, 3.63) is 64.0 Å². The lowest BCUT2D eigenvalue weighted by Crippen LogP contribution is -2.23. The Hall–Kier alpha value is -3.53. The van der Waals surface area contributed by atoms with E-state index in [0.29, 0.717) is 23.5 Å². The van der Waals surface area contributed by atoms with Crippen molar-refractivity contribution in [3.63, 3.8) is 0 Å². The summed E-state index contributed by atoms with van der Waals surface area (Å²) in [4.78, 5) is 28.9. The number of nitrogens with two attached hydrogens (primary N) is 1. The van der Waals surface area contributed by atoms with Crippen LogP contribution in [0.1, 0.15) is 32.5 Å². The lowest BCUT2D eigenvalue weighted by molar-refractivity contribution is 0.0955. The van der Waals surface area contributed by atoms with Gasteiger partial charge >= 0.3 is 0 Å². The zero-order chi connectivity index (χ0) is 21.8. The van der Waals surface area contributed by atoms with Gasteiger partial charge in [-0.3, -0.25) is 9.59 Å². The van der Waals surface area contributed by atoms with Crippen molar-refractivity contribution in [2.75, 3.05) is 30.0 Å². The lowest BCUT2D eigenvalue weighted by atomic mass is 10.1. The number of thiazole rings is 1. The van der Waals surface area contributed by atoms with Gasteiger partial charge in [-0.25, -0.2) is 13.8 Å². The van der Waals surface area contributed by atoms with Crippen LogP contribution in [0.3, 0.4) is 0 Å². The first-order valence-electron chi connectivity index (χ1n) is 8.98. The van der Waals surface area contributed by atoms with E-state index in [1.165, 1.54) is 6.07 Å². The second-order valence-electron chi connectivity index (χ2n) is 6.12. The third-order valence-corrected chi connectivity index (χ3v) is 5.17. The third-order valence-electron chi connectivity index (χ3n) is 4.19. The number of nitrogens with one attached hydrogen (secondary N) is 3. The number of para-hydroxylation sites is 1. The van der Waals surface area contributed by atoms with Crippen LogP contribution in [0.2, 0.25) is 0 Å². The number of rotatable bonds is 7. The Balaban J connectivity index is 1.94. The molecule has 0 fully saturated rings. The van der Waals surface area contributed by atoms with E-state index >= 15 is 0 Å². The number of anilines is 4. The molecule has 0 aliphatic carbocycles. The molecule has 0 spiro atoms. The number of carbonyl (C=O) groups is 2. The highest BCUT2D eigenvalue weighted by Gasteiger charge is 2.24. The van der Waals surface area contributed by atoms with Gasteiger partial charge in [-0.2, -0.15) is 0 Å². The van der Waals surface area contributed by atoms with Crippen LogP contribution in [-0.4, -0.2) is 30.3 Å². The van der Waals surface area contributed by atoms with Crippen LogP contribution in [-0.2, 0) is 0 Å². The maximum atomic E-state index is 14.0. The standard InChI is InChI=1S/C20H19F2N5O2S/c1-3-25-19(29)10-6-4-9-13(15(10)24-2)26-20-27-18(23)17(30-20)16(28)14-11(21)7-5-8-12(14)22/h4-9,24H,3,23H2,1-2H3,(H,25,29)(H,26,27). The van der Waals surface area contributed by atoms with Crippen LogP contribution in [0.25, 0.3) is 0 Å². The first kappa shape index (κ1) is 21.2. The first-order chi connectivity index (χ1) is 14.4. The number of benzene rings is 2. The van der Waals surface area contributed by atoms with Crippen LogP contribution >= 0.6 is 11.3 Å². The molecule has 0 radical (unpaired) electrons. The van der Waals surface area contributed by atoms with Gasteiger partial charge in [-0.1, -0.05) is 23.5 Å². The van der Waals surface area contributed by atoms with Crippen molar-refractivity contribution in [2.24, 2.45) is 0 Å². The summed E-state index contributed by atoms with van der Waals surface area (Å²) in [5.74, 6) is -3.25. The Morgan fingerprint density at radius 2 is 1.80 bits per heavy atom. The fourth-order valence-corrected chi connectivity index (χ4v) is 3.71. The van der Waals surface area contributed by atoms with E-state index in [4.69, 9.17) is 5.73 Å². The summed E-state index contributed by atoms with van der Waals surface area (Å²) < 4.78 is 27.9. The molecule has 0 saturated heterocycles. The van der Waals surface area contributed by atoms with E-state index in [9.17, 15) is 18.4 Å². The number of carbonyl (C=O) groups excluding carboxylic acids is 2. The number of halogens is 2. The molecule has 5 N–H and O–H groups in total. The van der Waals surface area contributed by atoms with E-state index in [2.05, 4.69) is 20.9 Å². The zero-order valence-corrected chi connectivity index (χ0v) is 17.0. The molecular formula is C20H19F2N5O2S. The Kier molecular flexibility index (Phi) is 6.26. The van der Waals surface area contributed by atoms with Crippen molar-refractivity contribution in [1.82, 2.24) is 10.3 Å². The summed E-state index contributed by atoms with van der Waals surface area (Å²) in [6.07, 6.45) is 0. The number of hydrogen-bond acceptors (Lipinski definition) is 7. The van der Waals surface area contributed by atoms with Crippen molar-refractivity contribution >= 4 is 45.4 Å². The van der Waals surface area contributed by atoms with Crippen LogP contribution in [0.4, 0.5) is 31.1 Å². The molecular weight excluding hydrogens is 412 g/mol. The van der Waals surface area contributed by atoms with Gasteiger partial charge < -0.3 is 21.7 Å². The normalized spacial score (nSPS) is 10.5. The van der Waals surface area contributed by atoms with Crippen molar-refractivity contribution in [1.29, 1.82) is 0 Å². The molecule has 7 nitrogen and oxygen atoms in total. The minimum atomic E-state index is -0.977. The number of ketones is 1. The highest BCUT2D eigenvalue weighted by atomic mass is 32.1. The fourth-order valence-electron chi connectivity index (χ4n) is 2.86. The van der Waals surface area contributed by atoms with E-state index in [0.717, 1.165) is 23.5 Å². The molecule has 156 valence electrons. The van der Waals surface area contributed by atoms with Gasteiger partial charge in [0.2, 0.25) is 5.78 Å². The molecule has 3 aromatic rings. The van der Waals surface area contributed by atoms with Gasteiger partial charge in [0, 0.05) is 13.6 Å². The average Bonchev–Trinajstić information content (AvgIpc) is 3.07. The Morgan fingerprint density at radius 3 is 2.43 bits per heavy atom. The van der Waals surface area contributed by atoms with Gasteiger partial charge in [0.1, 0.15) is 22.3 Å². The summed E-state index contributed by atoms with van der Waals surface area (Å²) in [5.41, 5.74) is 6.60. The first-order valence-corrected chi connectivity index (χ1v) is 9.80. The van der Waals surface area contributed by atoms with Crippen molar-refractivity contribution in [2.45, 2.75) is 6.92 Å². The van der Waals surface area contributed by atoms with Crippen LogP contribution < -0.4 is 21.7 Å². The molecule has 0 aliphatic rings. The molecule has 1 aromatic heterocycles. The molecule has 0 aliphatic heterocycles. The van der Waals surface area contributed by atoms with Crippen molar-refractivity contribution in [3.8, 4) is 0 Å². The van der Waals surface area contributed by atoms with Gasteiger partial charge in [-0.15, -0.1) is 0 Å². The summed E-state index contributed by atoms with van der Waals surface area (Å²) in [6.45, 7) is 2.29. The molecule has 10 heteroatoms. The molecule has 30 heavy (non-hydrogen) atoms. The lowest BCUT2D eigenvalue weighted by Gasteiger charge is -2.14. The monoisotopic (exact) mass is 431 g/mol. The van der Waals surface area contributed by atoms with Gasteiger partial charge in [0.25, 0.3) is 5.91 Å². The molecule has 0 saturated carbocycles. The molecule has 2 aromatic carbocycles. The largest absolute Gasteiger partial charge is 0.386 e. The van der Waals surface area contributed by atoms with E-state index in [1.54, 1.807) is 25.2 Å². The third kappa shape index (κ3) is 4.08. The summed E-state index contributed by atoms with van der Waals surface area (Å²) in [6, 6.07) is 8.23. The summed E-state index contributed by atoms with van der Waals surface area (Å²) >= 11 is 0.860. The second-order valence-corrected chi connectivity index (χ2v) is 7.12. The Labute approximate surface area is 175 Å². The molecule has 0 unspecified atom stereocenters. The topological polar surface area (TPSA) is 109 Å². The van der Waals surface area contributed by atoms with Gasteiger partial charge in [-0.05, 0) is 31.2 Å².